The summed E-state index contributed by atoms with van der Waals surface area (Å²) in [5.41, 5.74) is 0. The van der Waals surface area contributed by atoms with Gasteiger partial charge in [0, 0.05) is 6.42 Å². The fourth-order valence-corrected chi connectivity index (χ4v) is 1.59. The van der Waals surface area contributed by atoms with Crippen molar-refractivity contribution in [3.8, 4) is 0 Å². The van der Waals surface area contributed by atoms with Crippen molar-refractivity contribution in [2.24, 2.45) is 5.92 Å². The van der Waals surface area contributed by atoms with Gasteiger partial charge in [0.15, 0.2) is 0 Å². The molecule has 1 heterocycles. The molecule has 0 amide bonds. The summed E-state index contributed by atoms with van der Waals surface area (Å²) in [5.74, 6) is 1.03. The van der Waals surface area contributed by atoms with E-state index in [1.165, 1.54) is 32.4 Å². The van der Waals surface area contributed by atoms with Crippen LogP contribution in [0.25, 0.3) is 0 Å². The molecule has 1 saturated heterocycles. The number of nitrogens with zero attached hydrogens (tertiary/aromatic N) is 1. The van der Waals surface area contributed by atoms with Gasteiger partial charge in [0.1, 0.15) is 6.29 Å². The van der Waals surface area contributed by atoms with Crippen LogP contribution in [-0.4, -0.2) is 31.3 Å². The van der Waals surface area contributed by atoms with Gasteiger partial charge in [-0.05, 0) is 45.3 Å². The van der Waals surface area contributed by atoms with Crippen LogP contribution in [0.2, 0.25) is 0 Å². The molecule has 0 atom stereocenters. The van der Waals surface area contributed by atoms with Gasteiger partial charge in [0.25, 0.3) is 0 Å². The summed E-state index contributed by atoms with van der Waals surface area (Å²) in [7, 11) is 2.21. The lowest BCUT2D eigenvalue weighted by molar-refractivity contribution is -0.107. The van der Waals surface area contributed by atoms with Gasteiger partial charge < -0.3 is 9.69 Å². The van der Waals surface area contributed by atoms with Crippen LogP contribution in [-0.2, 0) is 4.79 Å². The minimum atomic E-state index is 0.708. The molecule has 0 bridgehead atoms. The minimum Gasteiger partial charge on any atom is -0.306 e. The van der Waals surface area contributed by atoms with Gasteiger partial charge in [-0.15, -0.1) is 0 Å². The first kappa shape index (κ1) is 18.0. The molecule has 0 aromatic carbocycles. The van der Waals surface area contributed by atoms with Crippen molar-refractivity contribution < 1.29 is 4.79 Å². The van der Waals surface area contributed by atoms with Gasteiger partial charge in [0.2, 0.25) is 0 Å². The van der Waals surface area contributed by atoms with E-state index in [2.05, 4.69) is 18.9 Å². The van der Waals surface area contributed by atoms with Crippen molar-refractivity contribution in [1.29, 1.82) is 0 Å². The highest BCUT2D eigenvalue weighted by Gasteiger charge is 2.13. The highest BCUT2D eigenvalue weighted by molar-refractivity contribution is 5.48. The summed E-state index contributed by atoms with van der Waals surface area (Å²) in [5, 5.41) is 0. The molecule has 1 aliphatic heterocycles. The van der Waals surface area contributed by atoms with Gasteiger partial charge >= 0.3 is 0 Å². The summed E-state index contributed by atoms with van der Waals surface area (Å²) >= 11 is 0. The molecule has 0 aromatic heterocycles. The monoisotopic (exact) mass is 229 g/mol. The van der Waals surface area contributed by atoms with Gasteiger partial charge in [-0.2, -0.15) is 0 Å². The van der Waals surface area contributed by atoms with Crippen molar-refractivity contribution in [2.45, 2.75) is 59.8 Å². The lowest BCUT2D eigenvalue weighted by Gasteiger charge is -2.27. The predicted molar refractivity (Wildman–Crippen MR) is 72.8 cm³/mol. The van der Waals surface area contributed by atoms with Crippen LogP contribution in [0.15, 0.2) is 0 Å². The van der Waals surface area contributed by atoms with E-state index in [0.29, 0.717) is 6.42 Å². The maximum absolute atomic E-state index is 9.40. The Morgan fingerprint density at radius 2 is 1.69 bits per heavy atom. The number of piperidine rings is 1. The molecule has 0 radical (unpaired) electrons. The van der Waals surface area contributed by atoms with E-state index in [9.17, 15) is 4.79 Å². The van der Waals surface area contributed by atoms with E-state index in [0.717, 1.165) is 18.6 Å². The Hall–Kier alpha value is -0.370. The van der Waals surface area contributed by atoms with Crippen molar-refractivity contribution >= 4 is 6.29 Å². The fourth-order valence-electron chi connectivity index (χ4n) is 1.59. The van der Waals surface area contributed by atoms with Crippen molar-refractivity contribution in [3.05, 3.63) is 0 Å². The molecule has 1 aliphatic rings. The van der Waals surface area contributed by atoms with Gasteiger partial charge in [-0.1, -0.05) is 34.1 Å². The molecular weight excluding hydrogens is 198 g/mol. The number of carbonyl (C=O) groups excluding carboxylic acids is 1. The van der Waals surface area contributed by atoms with Crippen molar-refractivity contribution in [1.82, 2.24) is 4.90 Å². The predicted octanol–water partition coefficient (Wildman–Crippen LogP) is 3.75. The fraction of sp³-hybridized carbons (Fsp3) is 0.929. The molecule has 0 aromatic rings. The molecule has 0 aliphatic carbocycles. The third-order valence-electron chi connectivity index (χ3n) is 2.82. The summed E-state index contributed by atoms with van der Waals surface area (Å²) in [6.07, 6.45) is 6.84. The van der Waals surface area contributed by atoms with Crippen LogP contribution in [0.4, 0.5) is 0 Å². The lowest BCUT2D eigenvalue weighted by atomic mass is 9.95. The van der Waals surface area contributed by atoms with Crippen LogP contribution in [0, 0.1) is 5.92 Å². The van der Waals surface area contributed by atoms with Gasteiger partial charge in [0.05, 0.1) is 0 Å². The zero-order valence-corrected chi connectivity index (χ0v) is 12.0. The third-order valence-corrected chi connectivity index (χ3v) is 2.82. The Morgan fingerprint density at radius 1 is 1.19 bits per heavy atom. The van der Waals surface area contributed by atoms with Crippen LogP contribution >= 0.6 is 0 Å². The number of aldehydes is 1. The lowest BCUT2D eigenvalue weighted by Crippen LogP contribution is -2.29. The second-order valence-electron chi connectivity index (χ2n) is 4.11. The molecule has 0 spiro atoms. The molecule has 2 nitrogen and oxygen atoms in total. The van der Waals surface area contributed by atoms with E-state index in [4.69, 9.17) is 0 Å². The molecular formula is C14H31NO. The SMILES string of the molecule is CC.CCC1CCN(C)CC1.CCCC=O. The second kappa shape index (κ2) is 14.6. The number of hydrogen-bond donors (Lipinski definition) is 0. The van der Waals surface area contributed by atoms with Crippen LogP contribution in [0.1, 0.15) is 59.8 Å². The van der Waals surface area contributed by atoms with Crippen molar-refractivity contribution in [2.75, 3.05) is 20.1 Å². The van der Waals surface area contributed by atoms with E-state index in [-0.39, 0.29) is 0 Å². The van der Waals surface area contributed by atoms with E-state index in [1.807, 2.05) is 20.8 Å². The first-order chi connectivity index (χ1) is 7.74. The zero-order chi connectivity index (χ0) is 12.8. The Morgan fingerprint density at radius 3 is 1.94 bits per heavy atom. The van der Waals surface area contributed by atoms with E-state index < -0.39 is 0 Å². The number of carbonyl (C=O) groups is 1. The Kier molecular flexibility index (Phi) is 16.5. The first-order valence-corrected chi connectivity index (χ1v) is 6.86. The normalized spacial score (nSPS) is 16.6. The minimum absolute atomic E-state index is 0.708. The van der Waals surface area contributed by atoms with E-state index in [1.54, 1.807) is 0 Å². The highest BCUT2D eigenvalue weighted by Crippen LogP contribution is 2.18. The Bertz CT molecular complexity index is 129. The maximum atomic E-state index is 9.40. The number of likely N-dealkylation sites (tertiary alicyclic amines) is 1. The molecule has 2 heteroatoms. The number of hydrogen-bond acceptors (Lipinski definition) is 2. The van der Waals surface area contributed by atoms with Crippen LogP contribution < -0.4 is 0 Å². The second-order valence-corrected chi connectivity index (χ2v) is 4.11. The molecule has 98 valence electrons. The molecule has 0 unspecified atom stereocenters. The van der Waals surface area contributed by atoms with Crippen LogP contribution in [0.3, 0.4) is 0 Å². The Balaban J connectivity index is 0. The maximum Gasteiger partial charge on any atom is 0.119 e. The van der Waals surface area contributed by atoms with Crippen molar-refractivity contribution in [3.63, 3.8) is 0 Å². The third kappa shape index (κ3) is 11.7. The topological polar surface area (TPSA) is 20.3 Å². The largest absolute Gasteiger partial charge is 0.306 e. The summed E-state index contributed by atoms with van der Waals surface area (Å²) < 4.78 is 0. The number of rotatable bonds is 3. The van der Waals surface area contributed by atoms with Gasteiger partial charge in [-0.3, -0.25) is 0 Å². The molecule has 1 rings (SSSR count). The first-order valence-electron chi connectivity index (χ1n) is 6.86. The van der Waals surface area contributed by atoms with E-state index >= 15 is 0 Å². The smallest absolute Gasteiger partial charge is 0.119 e. The number of unbranched alkanes of at least 4 members (excludes halogenated alkanes) is 1. The highest BCUT2D eigenvalue weighted by atomic mass is 16.1. The molecule has 1 fully saturated rings. The Labute approximate surface area is 102 Å². The molecule has 0 N–H and O–H groups in total. The molecule has 0 saturated carbocycles. The zero-order valence-electron chi connectivity index (χ0n) is 12.0. The van der Waals surface area contributed by atoms with Crippen LogP contribution in [0.5, 0.6) is 0 Å². The molecule has 16 heavy (non-hydrogen) atoms. The average molecular weight is 229 g/mol. The van der Waals surface area contributed by atoms with Gasteiger partial charge in [-0.25, -0.2) is 0 Å². The quantitative estimate of drug-likeness (QED) is 0.687. The standard InChI is InChI=1S/C8H17N.C4H8O.C2H6/c1-3-8-4-6-9(2)7-5-8;1-2-3-4-5;1-2/h8H,3-7H2,1-2H3;4H,2-3H2,1H3;1-2H3. The summed E-state index contributed by atoms with van der Waals surface area (Å²) in [4.78, 5) is 11.8. The average Bonchev–Trinajstić information content (AvgIpc) is 2.34. The summed E-state index contributed by atoms with van der Waals surface area (Å²) in [6, 6.07) is 0. The summed E-state index contributed by atoms with van der Waals surface area (Å²) in [6.45, 7) is 10.9.